The Morgan fingerprint density at radius 3 is 2.16 bits per heavy atom. The van der Waals surface area contributed by atoms with E-state index in [1.807, 2.05) is 0 Å². The molecule has 0 amide bonds. The monoisotopic (exact) mass is 272 g/mol. The summed E-state index contributed by atoms with van der Waals surface area (Å²) in [6.45, 7) is 4.54. The Morgan fingerprint density at radius 1 is 1.11 bits per heavy atom. The van der Waals surface area contributed by atoms with E-state index >= 15 is 0 Å². The average molecular weight is 272 g/mol. The van der Waals surface area contributed by atoms with E-state index in [9.17, 15) is 5.11 Å². The normalized spacial score (nSPS) is 31.6. The summed E-state index contributed by atoms with van der Waals surface area (Å²) in [5, 5.41) is 9.21. The summed E-state index contributed by atoms with van der Waals surface area (Å²) >= 11 is 0. The smallest absolute Gasteiger partial charge is 0.114 e. The summed E-state index contributed by atoms with van der Waals surface area (Å²) in [5.41, 5.74) is 1.12. The average Bonchev–Trinajstić information content (AvgIpc) is 2.37. The van der Waals surface area contributed by atoms with Crippen LogP contribution in [0.2, 0.25) is 0 Å². The van der Waals surface area contributed by atoms with Crippen molar-refractivity contribution in [3.8, 4) is 0 Å². The molecule has 19 heavy (non-hydrogen) atoms. The minimum absolute atomic E-state index is 0.000192. The van der Waals surface area contributed by atoms with Crippen molar-refractivity contribution in [1.29, 1.82) is 0 Å². The lowest BCUT2D eigenvalue weighted by Gasteiger charge is -2.40. The zero-order chi connectivity index (χ0) is 14.4. The lowest BCUT2D eigenvalue weighted by molar-refractivity contribution is -0.119. The van der Waals surface area contributed by atoms with Crippen molar-refractivity contribution >= 4 is 0 Å². The molecule has 0 fully saturated rings. The lowest BCUT2D eigenvalue weighted by atomic mass is 9.78. The fourth-order valence-corrected chi connectivity index (χ4v) is 3.04. The third kappa shape index (κ3) is 4.02. The Kier molecular flexibility index (Phi) is 7.00. The molecule has 4 nitrogen and oxygen atoms in total. The molecule has 1 rings (SSSR count). The molecule has 0 saturated carbocycles. The molecule has 1 aliphatic carbocycles. The first-order valence-electron chi connectivity index (χ1n) is 6.98. The Bertz CT molecular complexity index is 288. The van der Waals surface area contributed by atoms with Gasteiger partial charge in [0.05, 0.1) is 6.10 Å². The number of ether oxygens (including phenoxy) is 3. The molecule has 0 bridgehead atoms. The number of rotatable bonds is 7. The highest BCUT2D eigenvalue weighted by Crippen LogP contribution is 2.34. The first-order chi connectivity index (χ1) is 9.08. The van der Waals surface area contributed by atoms with Crippen LogP contribution in [0.25, 0.3) is 0 Å². The van der Waals surface area contributed by atoms with Gasteiger partial charge in [0.1, 0.15) is 12.2 Å². The van der Waals surface area contributed by atoms with Gasteiger partial charge in [-0.05, 0) is 24.3 Å². The van der Waals surface area contributed by atoms with Gasteiger partial charge in [-0.3, -0.25) is 0 Å². The molecule has 0 saturated heterocycles. The van der Waals surface area contributed by atoms with Crippen LogP contribution in [0, 0.1) is 11.8 Å². The van der Waals surface area contributed by atoms with Gasteiger partial charge in [0.25, 0.3) is 0 Å². The SMILES string of the molecule is CO[C@@H]1[C@@H](OC)[C@H](OC)C(CCO)=C[C@@H]1CC(C)C. The highest BCUT2D eigenvalue weighted by molar-refractivity contribution is 5.20. The Labute approximate surface area is 116 Å². The first kappa shape index (κ1) is 16.6. The molecule has 1 aliphatic rings. The van der Waals surface area contributed by atoms with Crippen LogP contribution in [0.3, 0.4) is 0 Å². The van der Waals surface area contributed by atoms with Crippen molar-refractivity contribution in [3.05, 3.63) is 11.6 Å². The minimum atomic E-state index is -0.134. The largest absolute Gasteiger partial charge is 0.396 e. The second-order valence-electron chi connectivity index (χ2n) is 5.57. The molecular formula is C15H28O4. The summed E-state index contributed by atoms with van der Waals surface area (Å²) in [6, 6.07) is 0. The molecule has 0 aromatic carbocycles. The lowest BCUT2D eigenvalue weighted by Crippen LogP contribution is -2.49. The van der Waals surface area contributed by atoms with Crippen LogP contribution < -0.4 is 0 Å². The van der Waals surface area contributed by atoms with Gasteiger partial charge in [0, 0.05) is 33.9 Å². The summed E-state index contributed by atoms with van der Waals surface area (Å²) in [6.07, 6.45) is 3.64. The second-order valence-corrected chi connectivity index (χ2v) is 5.57. The van der Waals surface area contributed by atoms with Gasteiger partial charge in [-0.15, -0.1) is 0 Å². The number of hydrogen-bond donors (Lipinski definition) is 1. The number of aliphatic hydroxyl groups excluding tert-OH is 1. The zero-order valence-electron chi connectivity index (χ0n) is 12.8. The van der Waals surface area contributed by atoms with E-state index in [0.29, 0.717) is 18.3 Å². The molecule has 0 aliphatic heterocycles. The van der Waals surface area contributed by atoms with Crippen molar-refractivity contribution in [2.75, 3.05) is 27.9 Å². The highest BCUT2D eigenvalue weighted by atomic mass is 16.6. The predicted octanol–water partition coefficient (Wildman–Crippen LogP) is 2.02. The summed E-state index contributed by atoms with van der Waals surface area (Å²) < 4.78 is 16.8. The number of methoxy groups -OCH3 is 3. The summed E-state index contributed by atoms with van der Waals surface area (Å²) in [7, 11) is 5.09. The van der Waals surface area contributed by atoms with Gasteiger partial charge in [-0.25, -0.2) is 0 Å². The van der Waals surface area contributed by atoms with Crippen LogP contribution in [0.1, 0.15) is 26.7 Å². The van der Waals surface area contributed by atoms with E-state index in [-0.39, 0.29) is 24.9 Å². The molecule has 0 aromatic heterocycles. The van der Waals surface area contributed by atoms with Gasteiger partial charge in [0.15, 0.2) is 0 Å². The van der Waals surface area contributed by atoms with E-state index in [1.165, 1.54) is 0 Å². The van der Waals surface area contributed by atoms with Crippen molar-refractivity contribution < 1.29 is 19.3 Å². The van der Waals surface area contributed by atoms with Crippen LogP contribution in [-0.4, -0.2) is 51.4 Å². The van der Waals surface area contributed by atoms with Crippen LogP contribution >= 0.6 is 0 Å². The van der Waals surface area contributed by atoms with Gasteiger partial charge < -0.3 is 19.3 Å². The predicted molar refractivity (Wildman–Crippen MR) is 75.1 cm³/mol. The van der Waals surface area contributed by atoms with E-state index in [2.05, 4.69) is 19.9 Å². The summed E-state index contributed by atoms with van der Waals surface area (Å²) in [4.78, 5) is 0. The van der Waals surface area contributed by atoms with E-state index < -0.39 is 0 Å². The molecule has 1 N–H and O–H groups in total. The zero-order valence-corrected chi connectivity index (χ0v) is 12.8. The molecule has 4 heteroatoms. The van der Waals surface area contributed by atoms with Crippen LogP contribution in [-0.2, 0) is 14.2 Å². The van der Waals surface area contributed by atoms with E-state index in [0.717, 1.165) is 12.0 Å². The summed E-state index contributed by atoms with van der Waals surface area (Å²) in [5.74, 6) is 0.897. The molecule has 0 radical (unpaired) electrons. The van der Waals surface area contributed by atoms with Crippen LogP contribution in [0.15, 0.2) is 11.6 Å². The maximum atomic E-state index is 9.21. The second kappa shape index (κ2) is 8.00. The number of hydrogen-bond acceptors (Lipinski definition) is 4. The Morgan fingerprint density at radius 2 is 1.74 bits per heavy atom. The van der Waals surface area contributed by atoms with Crippen molar-refractivity contribution in [1.82, 2.24) is 0 Å². The molecular weight excluding hydrogens is 244 g/mol. The fraction of sp³-hybridized carbons (Fsp3) is 0.867. The minimum Gasteiger partial charge on any atom is -0.396 e. The van der Waals surface area contributed by atoms with Gasteiger partial charge >= 0.3 is 0 Å². The van der Waals surface area contributed by atoms with Gasteiger partial charge in [0.2, 0.25) is 0 Å². The quantitative estimate of drug-likeness (QED) is 0.720. The van der Waals surface area contributed by atoms with Crippen molar-refractivity contribution in [3.63, 3.8) is 0 Å². The Hall–Kier alpha value is -0.420. The standard InChI is InChI=1S/C15H28O4/c1-10(2)8-12-9-11(6-7-16)13(17-3)15(19-5)14(12)18-4/h9-10,12-16H,6-8H2,1-5H3/t12-,13+,14-,15-/m0/s1. The first-order valence-corrected chi connectivity index (χ1v) is 6.98. The molecule has 0 aromatic rings. The van der Waals surface area contributed by atoms with E-state index in [1.54, 1.807) is 21.3 Å². The van der Waals surface area contributed by atoms with E-state index in [4.69, 9.17) is 14.2 Å². The molecule has 0 heterocycles. The third-order valence-corrected chi connectivity index (χ3v) is 3.78. The van der Waals surface area contributed by atoms with Gasteiger partial charge in [-0.1, -0.05) is 19.9 Å². The highest BCUT2D eigenvalue weighted by Gasteiger charge is 2.40. The molecule has 112 valence electrons. The third-order valence-electron chi connectivity index (χ3n) is 3.78. The number of aliphatic hydroxyl groups is 1. The Balaban J connectivity index is 3.03. The van der Waals surface area contributed by atoms with Crippen molar-refractivity contribution in [2.45, 2.75) is 45.0 Å². The van der Waals surface area contributed by atoms with Gasteiger partial charge in [-0.2, -0.15) is 0 Å². The van der Waals surface area contributed by atoms with Crippen LogP contribution in [0.4, 0.5) is 0 Å². The molecule has 4 atom stereocenters. The van der Waals surface area contributed by atoms with Crippen molar-refractivity contribution in [2.24, 2.45) is 11.8 Å². The maximum Gasteiger partial charge on any atom is 0.114 e. The van der Waals surface area contributed by atoms with Crippen LogP contribution in [0.5, 0.6) is 0 Å². The molecule has 0 spiro atoms. The topological polar surface area (TPSA) is 47.9 Å². The molecule has 0 unspecified atom stereocenters. The fourth-order valence-electron chi connectivity index (χ4n) is 3.04. The maximum absolute atomic E-state index is 9.21.